The number of aliphatic hydroxyl groups is 10. The van der Waals surface area contributed by atoms with Gasteiger partial charge in [0, 0.05) is 6.92 Å². The first-order valence-electron chi connectivity index (χ1n) is 11.3. The van der Waals surface area contributed by atoms with E-state index in [0.29, 0.717) is 0 Å². The van der Waals surface area contributed by atoms with E-state index in [0.717, 1.165) is 6.92 Å². The summed E-state index contributed by atoms with van der Waals surface area (Å²) in [5, 5.41) is 103. The van der Waals surface area contributed by atoms with Crippen LogP contribution in [0.5, 0.6) is 0 Å². The molecule has 0 saturated carbocycles. The van der Waals surface area contributed by atoms with Crippen LogP contribution in [0.15, 0.2) is 0 Å². The zero-order valence-corrected chi connectivity index (χ0v) is 19.7. The predicted molar refractivity (Wildman–Crippen MR) is 114 cm³/mol. The van der Waals surface area contributed by atoms with Crippen molar-refractivity contribution in [3.63, 3.8) is 0 Å². The molecule has 14 atom stereocenters. The van der Waals surface area contributed by atoms with Crippen LogP contribution < -0.4 is 5.32 Å². The Hall–Kier alpha value is -1.42. The molecule has 216 valence electrons. The molecule has 0 radical (unpaired) electrons. The average Bonchev–Trinajstić information content (AvgIpc) is 2.88. The number of aliphatic hydroxyl groups excluding tert-OH is 10. The SMILES string of the molecule is CC(=O)N[C@H]1[C@H](O[C@H]2[C@@H](O)[C@@H](CO)O[C@@H](O[C@@H]([C@H](O)[C@@H](O)C=O)[C@H](O)CO)[C@@H]2O)O[C@H](CO)[C@H](O)[C@@H]1O. The second-order valence-corrected chi connectivity index (χ2v) is 8.71. The molecule has 0 aliphatic carbocycles. The minimum absolute atomic E-state index is 0.0740. The zero-order valence-electron chi connectivity index (χ0n) is 19.7. The summed E-state index contributed by atoms with van der Waals surface area (Å²) < 4.78 is 21.6. The molecular formula is C20H35NO16. The van der Waals surface area contributed by atoms with Gasteiger partial charge in [0.05, 0.1) is 19.8 Å². The van der Waals surface area contributed by atoms with E-state index in [-0.39, 0.29) is 6.29 Å². The highest BCUT2D eigenvalue weighted by Crippen LogP contribution is 2.30. The maximum absolute atomic E-state index is 11.6. The third-order valence-electron chi connectivity index (χ3n) is 6.05. The molecule has 2 fully saturated rings. The van der Waals surface area contributed by atoms with E-state index < -0.39 is 111 Å². The Bertz CT molecular complexity index is 730. The van der Waals surface area contributed by atoms with E-state index in [9.17, 15) is 60.7 Å². The van der Waals surface area contributed by atoms with Crippen LogP contribution in [-0.4, -0.2) is 169 Å². The summed E-state index contributed by atoms with van der Waals surface area (Å²) in [6.07, 6.45) is -23.6. The van der Waals surface area contributed by atoms with E-state index in [2.05, 4.69) is 5.32 Å². The third-order valence-corrected chi connectivity index (χ3v) is 6.05. The molecular weight excluding hydrogens is 510 g/mol. The Labute approximate surface area is 210 Å². The maximum atomic E-state index is 11.6. The second-order valence-electron chi connectivity index (χ2n) is 8.71. The van der Waals surface area contributed by atoms with Gasteiger partial charge in [-0.1, -0.05) is 0 Å². The number of carbonyl (C=O) groups excluding carboxylic acids is 2. The van der Waals surface area contributed by atoms with Gasteiger partial charge in [0.1, 0.15) is 73.2 Å². The van der Waals surface area contributed by atoms with Gasteiger partial charge in [-0.05, 0) is 0 Å². The van der Waals surface area contributed by atoms with Crippen molar-refractivity contribution < 1.29 is 79.6 Å². The molecule has 2 aliphatic rings. The lowest BCUT2D eigenvalue weighted by molar-refractivity contribution is -0.359. The van der Waals surface area contributed by atoms with Crippen LogP contribution in [0.3, 0.4) is 0 Å². The van der Waals surface area contributed by atoms with Gasteiger partial charge in [-0.15, -0.1) is 0 Å². The topological polar surface area (TPSA) is 285 Å². The highest BCUT2D eigenvalue weighted by atomic mass is 16.7. The van der Waals surface area contributed by atoms with Crippen molar-refractivity contribution in [2.45, 2.75) is 92.7 Å². The molecule has 17 nitrogen and oxygen atoms in total. The molecule has 0 bridgehead atoms. The lowest BCUT2D eigenvalue weighted by Crippen LogP contribution is -2.68. The summed E-state index contributed by atoms with van der Waals surface area (Å²) in [4.78, 5) is 22.5. The van der Waals surface area contributed by atoms with Crippen molar-refractivity contribution in [3.05, 3.63) is 0 Å². The molecule has 1 amide bonds. The monoisotopic (exact) mass is 545 g/mol. The normalized spacial score (nSPS) is 39.9. The Morgan fingerprint density at radius 3 is 2.00 bits per heavy atom. The summed E-state index contributed by atoms with van der Waals surface area (Å²) in [5.41, 5.74) is 0. The molecule has 0 aromatic heterocycles. The molecule has 0 unspecified atom stereocenters. The number of aldehydes is 1. The van der Waals surface area contributed by atoms with E-state index in [1.54, 1.807) is 0 Å². The maximum Gasteiger partial charge on any atom is 0.217 e. The van der Waals surface area contributed by atoms with Crippen molar-refractivity contribution >= 4 is 12.2 Å². The van der Waals surface area contributed by atoms with Crippen molar-refractivity contribution in [2.24, 2.45) is 0 Å². The highest BCUT2D eigenvalue weighted by Gasteiger charge is 2.52. The van der Waals surface area contributed by atoms with Crippen LogP contribution in [0.2, 0.25) is 0 Å². The lowest BCUT2D eigenvalue weighted by atomic mass is 9.95. The first kappa shape index (κ1) is 31.8. The average molecular weight is 545 g/mol. The quantitative estimate of drug-likeness (QED) is 0.102. The minimum atomic E-state index is -2.11. The fourth-order valence-electron chi connectivity index (χ4n) is 4.00. The second kappa shape index (κ2) is 14.1. The van der Waals surface area contributed by atoms with Crippen molar-refractivity contribution in [2.75, 3.05) is 19.8 Å². The molecule has 2 heterocycles. The number of ether oxygens (including phenoxy) is 4. The highest BCUT2D eigenvalue weighted by molar-refractivity contribution is 5.73. The molecule has 0 aromatic carbocycles. The van der Waals surface area contributed by atoms with Gasteiger partial charge < -0.3 is 80.1 Å². The van der Waals surface area contributed by atoms with E-state index in [1.165, 1.54) is 0 Å². The van der Waals surface area contributed by atoms with Gasteiger partial charge >= 0.3 is 0 Å². The van der Waals surface area contributed by atoms with Crippen LogP contribution in [0.4, 0.5) is 0 Å². The summed E-state index contributed by atoms with van der Waals surface area (Å²) >= 11 is 0. The van der Waals surface area contributed by atoms with Crippen molar-refractivity contribution in [1.82, 2.24) is 5.32 Å². The number of nitrogens with one attached hydrogen (secondary N) is 1. The molecule has 0 spiro atoms. The number of carbonyl (C=O) groups is 2. The Morgan fingerprint density at radius 1 is 0.919 bits per heavy atom. The van der Waals surface area contributed by atoms with Crippen LogP contribution in [0, 0.1) is 0 Å². The zero-order chi connectivity index (χ0) is 28.0. The molecule has 17 heteroatoms. The van der Waals surface area contributed by atoms with E-state index in [4.69, 9.17) is 18.9 Å². The smallest absolute Gasteiger partial charge is 0.217 e. The molecule has 37 heavy (non-hydrogen) atoms. The van der Waals surface area contributed by atoms with Gasteiger partial charge in [-0.2, -0.15) is 0 Å². The molecule has 2 aliphatic heterocycles. The van der Waals surface area contributed by atoms with E-state index >= 15 is 0 Å². The van der Waals surface area contributed by atoms with E-state index in [1.807, 2.05) is 0 Å². The van der Waals surface area contributed by atoms with Crippen molar-refractivity contribution in [3.8, 4) is 0 Å². The standard InChI is InChI=1S/C20H35NO16/c1-6(26)21-11-15(32)13(30)9(4-24)34-19(11)37-18-14(31)10(5-25)35-20(16(18)33)36-17(8(28)3-23)12(29)7(27)2-22/h2,7-20,23-25,27-33H,3-5H2,1H3,(H,21,26)/t7-,8+,9+,10+,11+,12+,13-,14-,15+,16+,17+,18-,19-,20-/m0/s1. The first-order chi connectivity index (χ1) is 17.4. The van der Waals surface area contributed by atoms with Gasteiger partial charge in [-0.3, -0.25) is 4.79 Å². The molecule has 0 aromatic rings. The molecule has 2 rings (SSSR count). The first-order valence-corrected chi connectivity index (χ1v) is 11.3. The summed E-state index contributed by atoms with van der Waals surface area (Å²) in [5.74, 6) is -0.679. The summed E-state index contributed by atoms with van der Waals surface area (Å²) in [6, 6.07) is -1.46. The number of amides is 1. The lowest BCUT2D eigenvalue weighted by Gasteiger charge is -2.47. The largest absolute Gasteiger partial charge is 0.394 e. The minimum Gasteiger partial charge on any atom is -0.394 e. The molecule has 11 N–H and O–H groups in total. The fourth-order valence-corrected chi connectivity index (χ4v) is 4.00. The van der Waals surface area contributed by atoms with Gasteiger partial charge in [0.15, 0.2) is 18.9 Å². The van der Waals surface area contributed by atoms with Gasteiger partial charge in [0.25, 0.3) is 0 Å². The molecule has 2 saturated heterocycles. The van der Waals surface area contributed by atoms with Crippen LogP contribution >= 0.6 is 0 Å². The fraction of sp³-hybridized carbons (Fsp3) is 0.900. The third kappa shape index (κ3) is 7.37. The Balaban J connectivity index is 2.33. The number of hydrogen-bond acceptors (Lipinski definition) is 16. The van der Waals surface area contributed by atoms with Crippen molar-refractivity contribution in [1.29, 1.82) is 0 Å². The van der Waals surface area contributed by atoms with Crippen LogP contribution in [-0.2, 0) is 28.5 Å². The van der Waals surface area contributed by atoms with Crippen LogP contribution in [0.1, 0.15) is 6.92 Å². The summed E-state index contributed by atoms with van der Waals surface area (Å²) in [7, 11) is 0. The van der Waals surface area contributed by atoms with Gasteiger partial charge in [-0.25, -0.2) is 0 Å². The Morgan fingerprint density at radius 2 is 1.49 bits per heavy atom. The van der Waals surface area contributed by atoms with Gasteiger partial charge in [0.2, 0.25) is 5.91 Å². The number of hydrogen-bond donors (Lipinski definition) is 11. The Kier molecular flexibility index (Phi) is 12.1. The number of rotatable bonds is 12. The van der Waals surface area contributed by atoms with Crippen LogP contribution in [0.25, 0.3) is 0 Å². The summed E-state index contributed by atoms with van der Waals surface area (Å²) in [6.45, 7) is -1.59. The predicted octanol–water partition coefficient (Wildman–Crippen LogP) is -7.59.